The highest BCUT2D eigenvalue weighted by molar-refractivity contribution is 5.85. The minimum atomic E-state index is -0.643. The summed E-state index contributed by atoms with van der Waals surface area (Å²) in [4.78, 5) is 14.5. The van der Waals surface area contributed by atoms with Gasteiger partial charge in [-0.05, 0) is 31.9 Å². The molecule has 0 saturated carbocycles. The summed E-state index contributed by atoms with van der Waals surface area (Å²) in [5.41, 5.74) is 0. The highest BCUT2D eigenvalue weighted by Gasteiger charge is 2.30. The molecule has 2 aliphatic heterocycles. The number of benzene rings is 1. The van der Waals surface area contributed by atoms with Crippen LogP contribution < -0.4 is 10.1 Å². The van der Waals surface area contributed by atoms with Crippen molar-refractivity contribution in [1.82, 2.24) is 25.0 Å². The molecule has 4 rings (SSSR count). The maximum absolute atomic E-state index is 13.3. The third-order valence-corrected chi connectivity index (χ3v) is 5.28. The second-order valence-corrected chi connectivity index (χ2v) is 7.12. The van der Waals surface area contributed by atoms with E-state index in [2.05, 4.69) is 20.1 Å². The van der Waals surface area contributed by atoms with Gasteiger partial charge in [-0.3, -0.25) is 4.79 Å². The first-order valence-corrected chi connectivity index (χ1v) is 9.45. The van der Waals surface area contributed by atoms with E-state index in [4.69, 9.17) is 4.74 Å². The molecule has 1 amide bonds. The fourth-order valence-electron chi connectivity index (χ4n) is 3.83. The van der Waals surface area contributed by atoms with Crippen molar-refractivity contribution in [3.63, 3.8) is 0 Å². The number of rotatable bonds is 4. The van der Waals surface area contributed by atoms with E-state index in [1.54, 1.807) is 19.1 Å². The SMILES string of the molecule is CC(Oc1cccc(F)c1)C(=O)N1CCC(c2nnc3n2CCNC3)CC1.Cl. The Morgan fingerprint density at radius 3 is 2.82 bits per heavy atom. The molecule has 1 saturated heterocycles. The van der Waals surface area contributed by atoms with Gasteiger partial charge in [0, 0.05) is 38.2 Å². The van der Waals surface area contributed by atoms with Crippen LogP contribution >= 0.6 is 12.4 Å². The van der Waals surface area contributed by atoms with Crippen LogP contribution in [0.25, 0.3) is 0 Å². The van der Waals surface area contributed by atoms with E-state index < -0.39 is 6.10 Å². The molecule has 2 aliphatic rings. The predicted molar refractivity (Wildman–Crippen MR) is 104 cm³/mol. The Balaban J connectivity index is 0.00000225. The first-order chi connectivity index (χ1) is 13.1. The molecule has 0 aliphatic carbocycles. The summed E-state index contributed by atoms with van der Waals surface area (Å²) in [5.74, 6) is 2.29. The summed E-state index contributed by atoms with van der Waals surface area (Å²) in [7, 11) is 0. The van der Waals surface area contributed by atoms with Gasteiger partial charge < -0.3 is 19.5 Å². The second-order valence-electron chi connectivity index (χ2n) is 7.12. The van der Waals surface area contributed by atoms with E-state index in [0.717, 1.165) is 44.1 Å². The molecular weight excluding hydrogens is 385 g/mol. The first kappa shape index (κ1) is 20.5. The average molecular weight is 410 g/mol. The lowest BCUT2D eigenvalue weighted by molar-refractivity contribution is -0.139. The summed E-state index contributed by atoms with van der Waals surface area (Å²) in [6.45, 7) is 5.64. The normalized spacial score (nSPS) is 18.1. The van der Waals surface area contributed by atoms with Gasteiger partial charge in [-0.15, -0.1) is 22.6 Å². The molecule has 1 aromatic heterocycles. The zero-order valence-electron chi connectivity index (χ0n) is 15.8. The van der Waals surface area contributed by atoms with E-state index in [-0.39, 0.29) is 24.1 Å². The second kappa shape index (κ2) is 8.87. The number of hydrogen-bond acceptors (Lipinski definition) is 5. The number of amides is 1. The lowest BCUT2D eigenvalue weighted by atomic mass is 9.95. The molecule has 9 heteroatoms. The molecular formula is C19H25ClFN5O2. The number of nitrogens with zero attached hydrogens (tertiary/aromatic N) is 4. The number of halogens is 2. The van der Waals surface area contributed by atoms with Crippen molar-refractivity contribution in [2.45, 2.75) is 44.9 Å². The van der Waals surface area contributed by atoms with Crippen molar-refractivity contribution in [2.24, 2.45) is 0 Å². The Hall–Kier alpha value is -2.19. The number of aromatic nitrogens is 3. The molecule has 1 aromatic carbocycles. The van der Waals surface area contributed by atoms with Gasteiger partial charge in [-0.25, -0.2) is 4.39 Å². The van der Waals surface area contributed by atoms with Crippen LogP contribution in [0.2, 0.25) is 0 Å². The number of carbonyl (C=O) groups excluding carboxylic acids is 1. The number of piperidine rings is 1. The molecule has 3 heterocycles. The third-order valence-electron chi connectivity index (χ3n) is 5.28. The fraction of sp³-hybridized carbons (Fsp3) is 0.526. The Morgan fingerprint density at radius 1 is 1.29 bits per heavy atom. The predicted octanol–water partition coefficient (Wildman–Crippen LogP) is 2.12. The first-order valence-electron chi connectivity index (χ1n) is 9.45. The van der Waals surface area contributed by atoms with Crippen molar-refractivity contribution in [3.05, 3.63) is 41.7 Å². The maximum Gasteiger partial charge on any atom is 0.263 e. The highest BCUT2D eigenvalue weighted by Crippen LogP contribution is 2.28. The third kappa shape index (κ3) is 4.28. The van der Waals surface area contributed by atoms with E-state index in [1.165, 1.54) is 12.1 Å². The number of nitrogens with one attached hydrogen (secondary N) is 1. The molecule has 1 unspecified atom stereocenters. The highest BCUT2D eigenvalue weighted by atomic mass is 35.5. The van der Waals surface area contributed by atoms with Gasteiger partial charge in [-0.1, -0.05) is 6.07 Å². The van der Waals surface area contributed by atoms with Crippen molar-refractivity contribution in [3.8, 4) is 5.75 Å². The Kier molecular flexibility index (Phi) is 6.51. The van der Waals surface area contributed by atoms with E-state index in [0.29, 0.717) is 24.8 Å². The molecule has 28 heavy (non-hydrogen) atoms. The van der Waals surface area contributed by atoms with Gasteiger partial charge in [0.1, 0.15) is 23.2 Å². The minimum absolute atomic E-state index is 0. The van der Waals surface area contributed by atoms with Crippen molar-refractivity contribution < 1.29 is 13.9 Å². The Bertz CT molecular complexity index is 822. The summed E-state index contributed by atoms with van der Waals surface area (Å²) in [5, 5.41) is 12.0. The summed E-state index contributed by atoms with van der Waals surface area (Å²) >= 11 is 0. The van der Waals surface area contributed by atoms with Crippen LogP contribution in [0.15, 0.2) is 24.3 Å². The lowest BCUT2D eigenvalue weighted by Gasteiger charge is -2.33. The molecule has 152 valence electrons. The topological polar surface area (TPSA) is 72.3 Å². The van der Waals surface area contributed by atoms with Gasteiger partial charge in [0.25, 0.3) is 5.91 Å². The van der Waals surface area contributed by atoms with E-state index in [9.17, 15) is 9.18 Å². The number of fused-ring (bicyclic) bond motifs is 1. The monoisotopic (exact) mass is 409 g/mol. The van der Waals surface area contributed by atoms with Gasteiger partial charge in [0.15, 0.2) is 6.10 Å². The van der Waals surface area contributed by atoms with Crippen molar-refractivity contribution in [1.29, 1.82) is 0 Å². The van der Waals surface area contributed by atoms with Crippen LogP contribution in [-0.4, -0.2) is 51.3 Å². The van der Waals surface area contributed by atoms with E-state index >= 15 is 0 Å². The number of likely N-dealkylation sites (tertiary alicyclic amines) is 1. The van der Waals surface area contributed by atoms with Crippen LogP contribution in [0.1, 0.15) is 37.3 Å². The molecule has 1 N–H and O–H groups in total. The standard InChI is InChI=1S/C19H24FN5O2.ClH/c1-13(27-16-4-2-3-15(20)11-16)19(26)24-8-5-14(6-9-24)18-23-22-17-12-21-7-10-25(17)18;/h2-4,11,13-14,21H,5-10,12H2,1H3;1H. The largest absolute Gasteiger partial charge is 0.481 e. The van der Waals surface area contributed by atoms with Gasteiger partial charge in [0.05, 0.1) is 6.54 Å². The van der Waals surface area contributed by atoms with Crippen LogP contribution in [0.3, 0.4) is 0 Å². The molecule has 0 bridgehead atoms. The molecule has 0 radical (unpaired) electrons. The molecule has 1 atom stereocenters. The number of ether oxygens (including phenoxy) is 1. The summed E-state index contributed by atoms with van der Waals surface area (Å²) in [6.07, 6.45) is 1.09. The van der Waals surface area contributed by atoms with Crippen LogP contribution in [-0.2, 0) is 17.9 Å². The van der Waals surface area contributed by atoms with Crippen LogP contribution in [0, 0.1) is 5.82 Å². The van der Waals surface area contributed by atoms with Crippen molar-refractivity contribution in [2.75, 3.05) is 19.6 Å². The van der Waals surface area contributed by atoms with Crippen LogP contribution in [0.4, 0.5) is 4.39 Å². The average Bonchev–Trinajstić information content (AvgIpc) is 3.12. The number of carbonyl (C=O) groups is 1. The lowest BCUT2D eigenvalue weighted by Crippen LogP contribution is -2.44. The quantitative estimate of drug-likeness (QED) is 0.837. The molecule has 7 nitrogen and oxygen atoms in total. The fourth-order valence-corrected chi connectivity index (χ4v) is 3.83. The minimum Gasteiger partial charge on any atom is -0.481 e. The number of hydrogen-bond donors (Lipinski definition) is 1. The molecule has 0 spiro atoms. The van der Waals surface area contributed by atoms with E-state index in [1.807, 2.05) is 4.90 Å². The van der Waals surface area contributed by atoms with Gasteiger partial charge >= 0.3 is 0 Å². The molecule has 2 aromatic rings. The van der Waals surface area contributed by atoms with Gasteiger partial charge in [0.2, 0.25) is 0 Å². The zero-order chi connectivity index (χ0) is 18.8. The zero-order valence-corrected chi connectivity index (χ0v) is 16.6. The summed E-state index contributed by atoms with van der Waals surface area (Å²) in [6, 6.07) is 5.87. The van der Waals surface area contributed by atoms with Crippen molar-refractivity contribution >= 4 is 18.3 Å². The van der Waals surface area contributed by atoms with Gasteiger partial charge in [-0.2, -0.15) is 0 Å². The smallest absolute Gasteiger partial charge is 0.263 e. The Morgan fingerprint density at radius 2 is 2.07 bits per heavy atom. The summed E-state index contributed by atoms with van der Waals surface area (Å²) < 4.78 is 21.1. The molecule has 1 fully saturated rings. The Labute approximate surface area is 169 Å². The maximum atomic E-state index is 13.3. The van der Waals surface area contributed by atoms with Crippen LogP contribution in [0.5, 0.6) is 5.75 Å².